The topological polar surface area (TPSA) is 57.7 Å². The van der Waals surface area contributed by atoms with Crippen LogP contribution in [0.5, 0.6) is 11.5 Å². The fourth-order valence-electron chi connectivity index (χ4n) is 1.88. The van der Waals surface area contributed by atoms with Crippen molar-refractivity contribution in [3.05, 3.63) is 15.8 Å². The lowest BCUT2D eigenvalue weighted by atomic mass is 10.2. The Labute approximate surface area is 125 Å². The van der Waals surface area contributed by atoms with Gasteiger partial charge in [-0.3, -0.25) is 4.79 Å². The van der Waals surface area contributed by atoms with E-state index in [2.05, 4.69) is 20.9 Å². The van der Waals surface area contributed by atoms with E-state index in [0.717, 1.165) is 0 Å². The molecular formula is C12H9BrFNO4S. The Morgan fingerprint density at radius 2 is 2.50 bits per heavy atom. The summed E-state index contributed by atoms with van der Waals surface area (Å²) >= 11 is 4.50. The first-order chi connectivity index (χ1) is 9.54. The predicted molar refractivity (Wildman–Crippen MR) is 73.8 cm³/mol. The van der Waals surface area contributed by atoms with E-state index in [4.69, 9.17) is 14.2 Å². The fourth-order valence-corrected chi connectivity index (χ4v) is 3.34. The minimum Gasteiger partial charge on any atom is -0.484 e. The smallest absolute Gasteiger partial charge is 0.302 e. The number of rotatable bonds is 2. The molecule has 1 aromatic heterocycles. The van der Waals surface area contributed by atoms with Crippen LogP contribution >= 0.6 is 27.3 Å². The van der Waals surface area contributed by atoms with Crippen LogP contribution in [0.2, 0.25) is 0 Å². The summed E-state index contributed by atoms with van der Waals surface area (Å²) in [6, 6.07) is 1.24. The molecule has 0 spiro atoms. The highest BCUT2D eigenvalue weighted by molar-refractivity contribution is 9.11. The number of thiazole rings is 1. The molecule has 0 fully saturated rings. The van der Waals surface area contributed by atoms with Crippen molar-refractivity contribution < 1.29 is 23.4 Å². The molecule has 0 saturated heterocycles. The lowest BCUT2D eigenvalue weighted by Crippen LogP contribution is -2.34. The van der Waals surface area contributed by atoms with Gasteiger partial charge in [0.25, 0.3) is 0 Å². The molecule has 0 N–H and O–H groups in total. The first-order valence-electron chi connectivity index (χ1n) is 5.76. The molecule has 1 aromatic carbocycles. The molecule has 3 rings (SSSR count). The van der Waals surface area contributed by atoms with Crippen LogP contribution in [0.4, 0.5) is 4.39 Å². The Hall–Kier alpha value is -1.41. The highest BCUT2D eigenvalue weighted by Crippen LogP contribution is 2.43. The van der Waals surface area contributed by atoms with E-state index in [1.54, 1.807) is 0 Å². The summed E-state index contributed by atoms with van der Waals surface area (Å²) in [5, 5.41) is 0. The molecule has 106 valence electrons. The van der Waals surface area contributed by atoms with Crippen LogP contribution in [0.1, 0.15) is 6.92 Å². The maximum Gasteiger partial charge on any atom is 0.302 e. The Kier molecular flexibility index (Phi) is 3.51. The Bertz CT molecular complexity index is 690. The Balaban J connectivity index is 1.92. The zero-order chi connectivity index (χ0) is 14.3. The number of carbonyl (C=O) groups excluding carboxylic acids is 1. The molecule has 5 nitrogen and oxygen atoms in total. The quantitative estimate of drug-likeness (QED) is 0.769. The summed E-state index contributed by atoms with van der Waals surface area (Å²) in [6.45, 7) is 1.62. The summed E-state index contributed by atoms with van der Waals surface area (Å²) < 4.78 is 31.2. The number of halogens is 2. The van der Waals surface area contributed by atoms with Crippen molar-refractivity contribution in [2.24, 2.45) is 0 Å². The third-order valence-corrected chi connectivity index (χ3v) is 4.20. The van der Waals surface area contributed by atoms with Crippen LogP contribution in [-0.4, -0.2) is 30.3 Å². The highest BCUT2D eigenvalue weighted by Gasteiger charge is 2.27. The molecule has 8 heteroatoms. The second-order valence-electron chi connectivity index (χ2n) is 4.18. The largest absolute Gasteiger partial charge is 0.484 e. The first kappa shape index (κ1) is 13.6. The molecule has 0 amide bonds. The summed E-state index contributed by atoms with van der Waals surface area (Å²) in [6.07, 6.45) is -0.445. The molecule has 1 atom stereocenters. The molecule has 0 aliphatic carbocycles. The maximum atomic E-state index is 13.9. The average molecular weight is 362 g/mol. The molecule has 0 unspecified atom stereocenters. The molecule has 1 aliphatic rings. The molecule has 0 bridgehead atoms. The molecule has 20 heavy (non-hydrogen) atoms. The number of aromatic nitrogens is 1. The van der Waals surface area contributed by atoms with Crippen molar-refractivity contribution in [2.45, 2.75) is 13.0 Å². The average Bonchev–Trinajstić information content (AvgIpc) is 2.78. The fraction of sp³-hybridized carbons (Fsp3) is 0.333. The number of carbonyl (C=O) groups is 1. The van der Waals surface area contributed by atoms with Gasteiger partial charge in [0.1, 0.15) is 23.4 Å². The summed E-state index contributed by atoms with van der Waals surface area (Å²) in [7, 11) is 0. The lowest BCUT2D eigenvalue weighted by Gasteiger charge is -2.26. The molecule has 0 saturated carbocycles. The van der Waals surface area contributed by atoms with Crippen molar-refractivity contribution in [2.75, 3.05) is 13.2 Å². The second-order valence-corrected chi connectivity index (χ2v) is 6.46. The van der Waals surface area contributed by atoms with E-state index in [1.807, 2.05) is 0 Å². The third-order valence-electron chi connectivity index (χ3n) is 2.69. The van der Waals surface area contributed by atoms with E-state index >= 15 is 0 Å². The Morgan fingerprint density at radius 1 is 1.70 bits per heavy atom. The van der Waals surface area contributed by atoms with Crippen molar-refractivity contribution in [1.82, 2.24) is 4.98 Å². The van der Waals surface area contributed by atoms with Crippen LogP contribution in [0.25, 0.3) is 10.2 Å². The highest BCUT2D eigenvalue weighted by atomic mass is 79.9. The molecule has 2 aromatic rings. The number of ether oxygens (including phenoxy) is 3. The zero-order valence-corrected chi connectivity index (χ0v) is 12.7. The van der Waals surface area contributed by atoms with E-state index in [1.165, 1.54) is 24.3 Å². The van der Waals surface area contributed by atoms with Crippen molar-refractivity contribution in [3.8, 4) is 11.5 Å². The third kappa shape index (κ3) is 2.45. The summed E-state index contributed by atoms with van der Waals surface area (Å²) in [5.74, 6) is -0.0944. The van der Waals surface area contributed by atoms with E-state index in [0.29, 0.717) is 20.1 Å². The van der Waals surface area contributed by atoms with Crippen molar-refractivity contribution in [3.63, 3.8) is 0 Å². The van der Waals surface area contributed by atoms with Gasteiger partial charge in [-0.05, 0) is 15.9 Å². The van der Waals surface area contributed by atoms with Gasteiger partial charge >= 0.3 is 5.97 Å². The van der Waals surface area contributed by atoms with Crippen LogP contribution < -0.4 is 9.47 Å². The van der Waals surface area contributed by atoms with Crippen molar-refractivity contribution >= 4 is 43.5 Å². The van der Waals surface area contributed by atoms with Gasteiger partial charge in [0, 0.05) is 13.0 Å². The van der Waals surface area contributed by atoms with E-state index in [-0.39, 0.29) is 18.7 Å². The number of hydrogen-bond donors (Lipinski definition) is 0. The van der Waals surface area contributed by atoms with Crippen molar-refractivity contribution in [1.29, 1.82) is 0 Å². The van der Waals surface area contributed by atoms with Gasteiger partial charge in [-0.2, -0.15) is 0 Å². The van der Waals surface area contributed by atoms with Gasteiger partial charge < -0.3 is 14.2 Å². The van der Waals surface area contributed by atoms with E-state index < -0.39 is 17.9 Å². The Morgan fingerprint density at radius 3 is 3.25 bits per heavy atom. The minimum atomic E-state index is -0.475. The van der Waals surface area contributed by atoms with Gasteiger partial charge in [0.05, 0.1) is 0 Å². The van der Waals surface area contributed by atoms with Gasteiger partial charge in [-0.1, -0.05) is 0 Å². The van der Waals surface area contributed by atoms with Gasteiger partial charge in [0.2, 0.25) is 0 Å². The number of esters is 1. The summed E-state index contributed by atoms with van der Waals surface area (Å²) in [4.78, 5) is 14.8. The van der Waals surface area contributed by atoms with E-state index in [9.17, 15) is 9.18 Å². The predicted octanol–water partition coefficient (Wildman–Crippen LogP) is 2.90. The first-order valence-corrected chi connectivity index (χ1v) is 7.37. The van der Waals surface area contributed by atoms with Gasteiger partial charge in [-0.15, -0.1) is 11.3 Å². The van der Waals surface area contributed by atoms with Crippen LogP contribution in [0, 0.1) is 5.82 Å². The number of hydrogen-bond acceptors (Lipinski definition) is 6. The number of fused-ring (bicyclic) bond motifs is 3. The number of nitrogens with zero attached hydrogens (tertiary/aromatic N) is 1. The van der Waals surface area contributed by atoms with Crippen LogP contribution in [0.15, 0.2) is 9.98 Å². The monoisotopic (exact) mass is 361 g/mol. The SMILES string of the molecule is CC(=O)OC[C@H]1COc2c(cc(F)c3nc(Br)sc23)O1. The zero-order valence-electron chi connectivity index (χ0n) is 10.3. The minimum absolute atomic E-state index is 0.0703. The standard InChI is InChI=1S/C12H9BrFNO4S/c1-5(16)17-3-6-4-18-10-8(19-6)2-7(14)9-11(10)20-12(13)15-9/h2,6H,3-4H2,1H3/t6-/m0/s1. The maximum absolute atomic E-state index is 13.9. The molecular weight excluding hydrogens is 353 g/mol. The number of benzene rings is 1. The molecule has 1 aliphatic heterocycles. The van der Waals surface area contributed by atoms with Crippen LogP contribution in [0.3, 0.4) is 0 Å². The van der Waals surface area contributed by atoms with Gasteiger partial charge in [0.15, 0.2) is 27.3 Å². The molecule has 0 radical (unpaired) electrons. The lowest BCUT2D eigenvalue weighted by molar-refractivity contribution is -0.144. The van der Waals surface area contributed by atoms with Gasteiger partial charge in [-0.25, -0.2) is 9.37 Å². The summed E-state index contributed by atoms with van der Waals surface area (Å²) in [5.41, 5.74) is 0.252. The van der Waals surface area contributed by atoms with Crippen LogP contribution in [-0.2, 0) is 9.53 Å². The second kappa shape index (κ2) is 5.17. The normalized spacial score (nSPS) is 17.2. The molecule has 2 heterocycles.